The number of hydrogen-bond acceptors (Lipinski definition) is 1. The predicted molar refractivity (Wildman–Crippen MR) is 56.2 cm³/mol. The Bertz CT molecular complexity index is 334. The second-order valence-electron chi connectivity index (χ2n) is 3.30. The van der Waals surface area contributed by atoms with Gasteiger partial charge < -0.3 is 5.73 Å². The average molecular weight is 246 g/mol. The summed E-state index contributed by atoms with van der Waals surface area (Å²) in [6.07, 6.45) is 0. The molecule has 72 valence electrons. The molecule has 0 bridgehead atoms. The molecular weight excluding hydrogens is 233 g/mol. The highest BCUT2D eigenvalue weighted by molar-refractivity contribution is 9.10. The summed E-state index contributed by atoms with van der Waals surface area (Å²) < 4.78 is 14.1. The highest BCUT2D eigenvalue weighted by Crippen LogP contribution is 2.28. The van der Waals surface area contributed by atoms with E-state index in [-0.39, 0.29) is 11.9 Å². The zero-order valence-corrected chi connectivity index (χ0v) is 9.57. The smallest absolute Gasteiger partial charge is 0.127 e. The van der Waals surface area contributed by atoms with Crippen LogP contribution in [-0.4, -0.2) is 0 Å². The van der Waals surface area contributed by atoms with Gasteiger partial charge in [0.15, 0.2) is 0 Å². The van der Waals surface area contributed by atoms with Crippen molar-refractivity contribution < 1.29 is 4.39 Å². The van der Waals surface area contributed by atoms with Gasteiger partial charge in [0.1, 0.15) is 5.82 Å². The molecule has 0 saturated carbocycles. The SMILES string of the molecule is Cc1c(F)cc(C(C)N)c(C)c1Br. The van der Waals surface area contributed by atoms with Crippen molar-refractivity contribution in [2.45, 2.75) is 26.8 Å². The Hall–Kier alpha value is -0.410. The molecule has 1 rings (SSSR count). The molecule has 0 aliphatic heterocycles. The molecule has 1 nitrogen and oxygen atoms in total. The third kappa shape index (κ3) is 1.92. The standard InChI is InChI=1S/C10H13BrFN/c1-5-8(7(3)13)4-9(12)6(2)10(5)11/h4,7H,13H2,1-3H3. The Kier molecular flexibility index (Phi) is 3.09. The lowest BCUT2D eigenvalue weighted by Crippen LogP contribution is -2.08. The molecule has 0 fully saturated rings. The Labute approximate surface area is 86.3 Å². The fourth-order valence-corrected chi connectivity index (χ4v) is 1.76. The molecule has 0 aliphatic rings. The average Bonchev–Trinajstić information content (AvgIpc) is 2.07. The lowest BCUT2D eigenvalue weighted by Gasteiger charge is -2.13. The van der Waals surface area contributed by atoms with Gasteiger partial charge in [0.2, 0.25) is 0 Å². The van der Waals surface area contributed by atoms with E-state index in [2.05, 4.69) is 15.9 Å². The molecule has 0 radical (unpaired) electrons. The van der Waals surface area contributed by atoms with Crippen LogP contribution in [0.5, 0.6) is 0 Å². The fraction of sp³-hybridized carbons (Fsp3) is 0.400. The van der Waals surface area contributed by atoms with Gasteiger partial charge in [-0.1, -0.05) is 15.9 Å². The first-order chi connectivity index (χ1) is 5.95. The molecule has 13 heavy (non-hydrogen) atoms. The summed E-state index contributed by atoms with van der Waals surface area (Å²) in [6.45, 7) is 5.54. The van der Waals surface area contributed by atoms with Crippen LogP contribution in [0.3, 0.4) is 0 Å². The molecule has 2 N–H and O–H groups in total. The van der Waals surface area contributed by atoms with E-state index >= 15 is 0 Å². The first-order valence-corrected chi connectivity index (χ1v) is 4.95. The van der Waals surface area contributed by atoms with Gasteiger partial charge in [-0.25, -0.2) is 4.39 Å². The van der Waals surface area contributed by atoms with Crippen LogP contribution in [0.2, 0.25) is 0 Å². The Morgan fingerprint density at radius 2 is 1.92 bits per heavy atom. The van der Waals surface area contributed by atoms with E-state index < -0.39 is 0 Å². The van der Waals surface area contributed by atoms with Crippen LogP contribution in [0, 0.1) is 19.7 Å². The summed E-state index contributed by atoms with van der Waals surface area (Å²) in [5, 5.41) is 0. The molecule has 1 unspecified atom stereocenters. The van der Waals surface area contributed by atoms with Crippen molar-refractivity contribution in [3.63, 3.8) is 0 Å². The van der Waals surface area contributed by atoms with Gasteiger partial charge in [-0.2, -0.15) is 0 Å². The van der Waals surface area contributed by atoms with E-state index in [0.717, 1.165) is 15.6 Å². The normalized spacial score (nSPS) is 13.1. The summed E-state index contributed by atoms with van der Waals surface area (Å²) in [7, 11) is 0. The number of rotatable bonds is 1. The first-order valence-electron chi connectivity index (χ1n) is 4.15. The van der Waals surface area contributed by atoms with Gasteiger partial charge in [0.25, 0.3) is 0 Å². The van der Waals surface area contributed by atoms with Crippen LogP contribution >= 0.6 is 15.9 Å². The van der Waals surface area contributed by atoms with E-state index in [9.17, 15) is 4.39 Å². The minimum Gasteiger partial charge on any atom is -0.324 e. The molecule has 0 spiro atoms. The van der Waals surface area contributed by atoms with Crippen LogP contribution in [0.25, 0.3) is 0 Å². The van der Waals surface area contributed by atoms with E-state index in [1.807, 2.05) is 13.8 Å². The second kappa shape index (κ2) is 3.76. The highest BCUT2D eigenvalue weighted by Gasteiger charge is 2.12. The van der Waals surface area contributed by atoms with Crippen LogP contribution < -0.4 is 5.73 Å². The van der Waals surface area contributed by atoms with Gasteiger partial charge in [-0.05, 0) is 43.5 Å². The minimum absolute atomic E-state index is 0.133. The zero-order chi connectivity index (χ0) is 10.2. The van der Waals surface area contributed by atoms with Crippen LogP contribution in [-0.2, 0) is 0 Å². The monoisotopic (exact) mass is 245 g/mol. The van der Waals surface area contributed by atoms with Crippen molar-refractivity contribution in [3.8, 4) is 0 Å². The molecule has 0 amide bonds. The van der Waals surface area contributed by atoms with Crippen molar-refractivity contribution in [1.29, 1.82) is 0 Å². The van der Waals surface area contributed by atoms with E-state index in [1.165, 1.54) is 6.07 Å². The summed E-state index contributed by atoms with van der Waals surface area (Å²) in [5.41, 5.74) is 8.23. The number of nitrogens with two attached hydrogens (primary N) is 1. The third-order valence-electron chi connectivity index (χ3n) is 2.22. The van der Waals surface area contributed by atoms with Gasteiger partial charge in [-0.15, -0.1) is 0 Å². The number of benzene rings is 1. The van der Waals surface area contributed by atoms with Crippen molar-refractivity contribution in [1.82, 2.24) is 0 Å². The molecular formula is C10H13BrFN. The Morgan fingerprint density at radius 3 is 2.38 bits per heavy atom. The molecule has 0 aromatic heterocycles. The van der Waals surface area contributed by atoms with E-state index in [4.69, 9.17) is 5.73 Å². The van der Waals surface area contributed by atoms with Crippen LogP contribution in [0.1, 0.15) is 29.7 Å². The van der Waals surface area contributed by atoms with Gasteiger partial charge in [0.05, 0.1) is 0 Å². The largest absolute Gasteiger partial charge is 0.324 e. The molecule has 1 atom stereocenters. The van der Waals surface area contributed by atoms with Gasteiger partial charge in [-0.3, -0.25) is 0 Å². The Balaban J connectivity index is 3.41. The molecule has 0 aliphatic carbocycles. The van der Waals surface area contributed by atoms with Crippen LogP contribution in [0.15, 0.2) is 10.5 Å². The minimum atomic E-state index is -0.204. The Morgan fingerprint density at radius 1 is 1.38 bits per heavy atom. The molecule has 0 saturated heterocycles. The van der Waals surface area contributed by atoms with Gasteiger partial charge >= 0.3 is 0 Å². The summed E-state index contributed by atoms with van der Waals surface area (Å²) >= 11 is 3.35. The first kappa shape index (κ1) is 10.7. The predicted octanol–water partition coefficient (Wildman–Crippen LogP) is 3.22. The maximum atomic E-state index is 13.3. The fourth-order valence-electron chi connectivity index (χ4n) is 1.34. The zero-order valence-electron chi connectivity index (χ0n) is 7.99. The highest BCUT2D eigenvalue weighted by atomic mass is 79.9. The summed E-state index contributed by atoms with van der Waals surface area (Å²) in [4.78, 5) is 0. The lowest BCUT2D eigenvalue weighted by atomic mass is 10.0. The lowest BCUT2D eigenvalue weighted by molar-refractivity contribution is 0.610. The molecule has 0 heterocycles. The number of hydrogen-bond donors (Lipinski definition) is 1. The van der Waals surface area contributed by atoms with Crippen LogP contribution in [0.4, 0.5) is 4.39 Å². The van der Waals surface area contributed by atoms with Crippen molar-refractivity contribution in [3.05, 3.63) is 33.0 Å². The van der Waals surface area contributed by atoms with E-state index in [0.29, 0.717) is 5.56 Å². The molecule has 1 aromatic carbocycles. The molecule has 1 aromatic rings. The molecule has 3 heteroatoms. The second-order valence-corrected chi connectivity index (χ2v) is 4.09. The van der Waals surface area contributed by atoms with Gasteiger partial charge in [0, 0.05) is 10.5 Å². The maximum absolute atomic E-state index is 13.3. The van der Waals surface area contributed by atoms with Crippen molar-refractivity contribution in [2.24, 2.45) is 5.73 Å². The number of halogens is 2. The maximum Gasteiger partial charge on any atom is 0.127 e. The van der Waals surface area contributed by atoms with Crippen molar-refractivity contribution >= 4 is 15.9 Å². The van der Waals surface area contributed by atoms with Crippen molar-refractivity contribution in [2.75, 3.05) is 0 Å². The summed E-state index contributed by atoms with van der Waals surface area (Å²) in [5.74, 6) is -0.204. The quantitative estimate of drug-likeness (QED) is 0.808. The topological polar surface area (TPSA) is 26.0 Å². The third-order valence-corrected chi connectivity index (χ3v) is 3.41. The summed E-state index contributed by atoms with van der Waals surface area (Å²) in [6, 6.07) is 1.38. The van der Waals surface area contributed by atoms with E-state index in [1.54, 1.807) is 6.92 Å².